The van der Waals surface area contributed by atoms with Gasteiger partial charge in [-0.3, -0.25) is 0 Å². The van der Waals surface area contributed by atoms with Crippen LogP contribution in [0, 0.1) is 0 Å². The lowest BCUT2D eigenvalue weighted by Crippen LogP contribution is -2.36. The van der Waals surface area contributed by atoms with Crippen molar-refractivity contribution in [2.75, 3.05) is 39.9 Å². The zero-order valence-corrected chi connectivity index (χ0v) is 9.52. The summed E-state index contributed by atoms with van der Waals surface area (Å²) in [5.74, 6) is 0. The zero-order valence-electron chi connectivity index (χ0n) is 9.52. The SMILES string of the molecule is CN1CCCC1CNCCOCC(F)(F)F. The van der Waals surface area contributed by atoms with Crippen molar-refractivity contribution in [3.63, 3.8) is 0 Å². The minimum absolute atomic E-state index is 0.107. The minimum atomic E-state index is -4.22. The molecule has 0 amide bonds. The molecule has 0 radical (unpaired) electrons. The summed E-state index contributed by atoms with van der Waals surface area (Å²) in [5, 5.41) is 3.11. The Morgan fingerprint density at radius 3 is 2.75 bits per heavy atom. The van der Waals surface area contributed by atoms with Crippen LogP contribution in [-0.2, 0) is 4.74 Å². The fraction of sp³-hybridized carbons (Fsp3) is 1.00. The van der Waals surface area contributed by atoms with Crippen LogP contribution in [0.25, 0.3) is 0 Å². The van der Waals surface area contributed by atoms with Gasteiger partial charge in [-0.25, -0.2) is 0 Å². The molecule has 0 saturated carbocycles. The number of nitrogens with zero attached hydrogens (tertiary/aromatic N) is 1. The Bertz CT molecular complexity index is 199. The highest BCUT2D eigenvalue weighted by molar-refractivity contribution is 4.77. The van der Waals surface area contributed by atoms with E-state index in [1.807, 2.05) is 0 Å². The summed E-state index contributed by atoms with van der Waals surface area (Å²) in [4.78, 5) is 2.27. The van der Waals surface area contributed by atoms with Crippen LogP contribution in [-0.4, -0.2) is 57.0 Å². The van der Waals surface area contributed by atoms with E-state index in [0.717, 1.165) is 19.5 Å². The van der Waals surface area contributed by atoms with E-state index in [1.165, 1.54) is 6.42 Å². The molecule has 0 bridgehead atoms. The molecule has 16 heavy (non-hydrogen) atoms. The van der Waals surface area contributed by atoms with E-state index in [2.05, 4.69) is 22.0 Å². The van der Waals surface area contributed by atoms with Gasteiger partial charge in [-0.05, 0) is 26.4 Å². The fourth-order valence-electron chi connectivity index (χ4n) is 1.84. The first kappa shape index (κ1) is 13.7. The van der Waals surface area contributed by atoms with E-state index < -0.39 is 12.8 Å². The third kappa shape index (κ3) is 5.67. The van der Waals surface area contributed by atoms with Crippen molar-refractivity contribution >= 4 is 0 Å². The van der Waals surface area contributed by atoms with Gasteiger partial charge in [-0.1, -0.05) is 0 Å². The molecule has 1 saturated heterocycles. The summed E-state index contributed by atoms with van der Waals surface area (Å²) >= 11 is 0. The van der Waals surface area contributed by atoms with Crippen molar-refractivity contribution in [2.45, 2.75) is 25.1 Å². The van der Waals surface area contributed by atoms with E-state index in [9.17, 15) is 13.2 Å². The van der Waals surface area contributed by atoms with Crippen molar-refractivity contribution in [2.24, 2.45) is 0 Å². The second kappa shape index (κ2) is 6.42. The Hall–Kier alpha value is -0.330. The lowest BCUT2D eigenvalue weighted by Gasteiger charge is -2.19. The second-order valence-electron chi connectivity index (χ2n) is 4.15. The third-order valence-corrected chi connectivity index (χ3v) is 2.74. The summed E-state index contributed by atoms with van der Waals surface area (Å²) < 4.78 is 39.6. The van der Waals surface area contributed by atoms with Crippen LogP contribution in [0.1, 0.15) is 12.8 Å². The number of likely N-dealkylation sites (tertiary alicyclic amines) is 1. The van der Waals surface area contributed by atoms with Gasteiger partial charge in [-0.2, -0.15) is 13.2 Å². The molecule has 0 aliphatic carbocycles. The third-order valence-electron chi connectivity index (χ3n) is 2.74. The Labute approximate surface area is 93.9 Å². The summed E-state index contributed by atoms with van der Waals surface area (Å²) in [6.45, 7) is 1.36. The maximum absolute atomic E-state index is 11.7. The Balaban J connectivity index is 1.92. The molecule has 96 valence electrons. The number of hydrogen-bond donors (Lipinski definition) is 1. The quantitative estimate of drug-likeness (QED) is 0.707. The summed E-state index contributed by atoms with van der Waals surface area (Å²) in [7, 11) is 2.07. The number of likely N-dealkylation sites (N-methyl/N-ethyl adjacent to an activating group) is 1. The largest absolute Gasteiger partial charge is 0.411 e. The van der Waals surface area contributed by atoms with Crippen LogP contribution in [0.4, 0.5) is 13.2 Å². The van der Waals surface area contributed by atoms with Crippen molar-refractivity contribution in [1.82, 2.24) is 10.2 Å². The molecule has 0 spiro atoms. The van der Waals surface area contributed by atoms with Gasteiger partial charge in [0.05, 0.1) is 6.61 Å². The monoisotopic (exact) mass is 240 g/mol. The molecule has 1 atom stereocenters. The van der Waals surface area contributed by atoms with Crippen molar-refractivity contribution < 1.29 is 17.9 Å². The van der Waals surface area contributed by atoms with E-state index in [1.54, 1.807) is 0 Å². The average Bonchev–Trinajstić information content (AvgIpc) is 2.56. The molecule has 0 aromatic heterocycles. The first-order chi connectivity index (χ1) is 7.49. The van der Waals surface area contributed by atoms with Crippen molar-refractivity contribution in [1.29, 1.82) is 0 Å². The first-order valence-corrected chi connectivity index (χ1v) is 5.54. The van der Waals surface area contributed by atoms with Crippen LogP contribution in [0.5, 0.6) is 0 Å². The molecule has 1 aliphatic heterocycles. The Morgan fingerprint density at radius 1 is 1.44 bits per heavy atom. The van der Waals surface area contributed by atoms with Crippen LogP contribution in [0.15, 0.2) is 0 Å². The molecule has 1 fully saturated rings. The number of ether oxygens (including phenoxy) is 1. The van der Waals surface area contributed by atoms with Crippen LogP contribution in [0.3, 0.4) is 0 Å². The van der Waals surface area contributed by atoms with E-state index in [0.29, 0.717) is 12.6 Å². The highest BCUT2D eigenvalue weighted by Crippen LogP contribution is 2.14. The second-order valence-corrected chi connectivity index (χ2v) is 4.15. The molecule has 1 aliphatic rings. The predicted octanol–water partition coefficient (Wildman–Crippen LogP) is 1.25. The molecule has 1 heterocycles. The molecule has 6 heteroatoms. The number of nitrogens with one attached hydrogen (secondary N) is 1. The molecule has 1 rings (SSSR count). The molecule has 1 N–H and O–H groups in total. The van der Waals surface area contributed by atoms with Gasteiger partial charge in [0.2, 0.25) is 0 Å². The minimum Gasteiger partial charge on any atom is -0.371 e. The van der Waals surface area contributed by atoms with Gasteiger partial charge in [-0.15, -0.1) is 0 Å². The topological polar surface area (TPSA) is 24.5 Å². The van der Waals surface area contributed by atoms with Gasteiger partial charge in [0.25, 0.3) is 0 Å². The summed E-state index contributed by atoms with van der Waals surface area (Å²) in [6.07, 6.45) is -1.86. The molecule has 0 aromatic carbocycles. The highest BCUT2D eigenvalue weighted by atomic mass is 19.4. The number of rotatable bonds is 6. The molecular weight excluding hydrogens is 221 g/mol. The van der Waals surface area contributed by atoms with Gasteiger partial charge < -0.3 is 15.0 Å². The normalized spacial score (nSPS) is 22.9. The number of halogens is 3. The predicted molar refractivity (Wildman–Crippen MR) is 55.4 cm³/mol. The molecule has 0 aromatic rings. The number of alkyl halides is 3. The van der Waals surface area contributed by atoms with E-state index in [-0.39, 0.29) is 6.61 Å². The molecular formula is C10H19F3N2O. The Kier molecular flexibility index (Phi) is 5.51. The van der Waals surface area contributed by atoms with Crippen LogP contribution >= 0.6 is 0 Å². The lowest BCUT2D eigenvalue weighted by molar-refractivity contribution is -0.173. The van der Waals surface area contributed by atoms with E-state index in [4.69, 9.17) is 0 Å². The molecule has 3 nitrogen and oxygen atoms in total. The summed E-state index contributed by atoms with van der Waals surface area (Å²) in [5.41, 5.74) is 0. The van der Waals surface area contributed by atoms with Crippen molar-refractivity contribution in [3.8, 4) is 0 Å². The summed E-state index contributed by atoms with van der Waals surface area (Å²) in [6, 6.07) is 0.516. The fourth-order valence-corrected chi connectivity index (χ4v) is 1.84. The van der Waals surface area contributed by atoms with Gasteiger partial charge in [0.15, 0.2) is 0 Å². The van der Waals surface area contributed by atoms with Gasteiger partial charge >= 0.3 is 6.18 Å². The van der Waals surface area contributed by atoms with Crippen LogP contribution < -0.4 is 5.32 Å². The Morgan fingerprint density at radius 2 is 2.19 bits per heavy atom. The molecule has 1 unspecified atom stereocenters. The average molecular weight is 240 g/mol. The van der Waals surface area contributed by atoms with Gasteiger partial charge in [0, 0.05) is 19.1 Å². The van der Waals surface area contributed by atoms with Crippen LogP contribution in [0.2, 0.25) is 0 Å². The first-order valence-electron chi connectivity index (χ1n) is 5.54. The van der Waals surface area contributed by atoms with Gasteiger partial charge in [0.1, 0.15) is 6.61 Å². The maximum Gasteiger partial charge on any atom is 0.411 e. The van der Waals surface area contributed by atoms with E-state index >= 15 is 0 Å². The standard InChI is InChI=1S/C10H19F3N2O/c1-15-5-2-3-9(15)7-14-4-6-16-8-10(11,12)13/h9,14H,2-8H2,1H3. The van der Waals surface area contributed by atoms with Crippen molar-refractivity contribution in [3.05, 3.63) is 0 Å². The lowest BCUT2D eigenvalue weighted by atomic mass is 10.2. The maximum atomic E-state index is 11.7. The number of hydrogen-bond acceptors (Lipinski definition) is 3. The smallest absolute Gasteiger partial charge is 0.371 e. The zero-order chi connectivity index (χ0) is 12.0. The highest BCUT2D eigenvalue weighted by Gasteiger charge is 2.27.